The number of hydrogen-bond donors (Lipinski definition) is 0. The summed E-state index contributed by atoms with van der Waals surface area (Å²) in [5.74, 6) is 0. The second-order valence-corrected chi connectivity index (χ2v) is 5.12. The molecular formula is C22H19Cl. The highest BCUT2D eigenvalue weighted by Crippen LogP contribution is 2.16. The molecule has 0 N–H and O–H groups in total. The van der Waals surface area contributed by atoms with Crippen molar-refractivity contribution in [2.45, 2.75) is 0 Å². The Kier molecular flexibility index (Phi) is 6.40. The van der Waals surface area contributed by atoms with Crippen LogP contribution in [0.4, 0.5) is 0 Å². The molecule has 0 bridgehead atoms. The van der Waals surface area contributed by atoms with Gasteiger partial charge in [-0.1, -0.05) is 109 Å². The zero-order chi connectivity index (χ0) is 15.0. The van der Waals surface area contributed by atoms with E-state index in [9.17, 15) is 0 Å². The Morgan fingerprint density at radius 1 is 0.391 bits per heavy atom. The topological polar surface area (TPSA) is 0 Å². The molecule has 0 amide bonds. The summed E-state index contributed by atoms with van der Waals surface area (Å²) in [7, 11) is 0. The molecule has 0 aromatic heterocycles. The first-order chi connectivity index (χ1) is 10.9. The van der Waals surface area contributed by atoms with E-state index in [1.165, 1.54) is 22.3 Å². The van der Waals surface area contributed by atoms with Gasteiger partial charge in [-0.25, -0.2) is 0 Å². The monoisotopic (exact) mass is 318 g/mol. The van der Waals surface area contributed by atoms with Crippen LogP contribution in [0.15, 0.2) is 84.9 Å². The maximum Gasteiger partial charge on any atom is -0.0184 e. The zero-order valence-electron chi connectivity index (χ0n) is 12.8. The molecule has 0 saturated heterocycles. The van der Waals surface area contributed by atoms with E-state index in [2.05, 4.69) is 97.1 Å². The van der Waals surface area contributed by atoms with E-state index in [0.29, 0.717) is 0 Å². The van der Waals surface area contributed by atoms with Crippen molar-refractivity contribution in [1.29, 1.82) is 0 Å². The van der Waals surface area contributed by atoms with Gasteiger partial charge in [0.05, 0.1) is 0 Å². The average Bonchev–Trinajstić information content (AvgIpc) is 2.61. The minimum Gasteiger partial charge on any atom is -0.147 e. The molecule has 1 heteroatoms. The molecule has 0 atom stereocenters. The molecule has 0 heterocycles. The Hall–Kier alpha value is -2.57. The van der Waals surface area contributed by atoms with Crippen molar-refractivity contribution >= 4 is 36.7 Å². The Morgan fingerprint density at radius 3 is 1.13 bits per heavy atom. The lowest BCUT2D eigenvalue weighted by Crippen LogP contribution is -1.80. The smallest absolute Gasteiger partial charge is 0.0184 e. The maximum absolute atomic E-state index is 2.17. The zero-order valence-corrected chi connectivity index (χ0v) is 13.6. The van der Waals surface area contributed by atoms with Gasteiger partial charge in [0.15, 0.2) is 0 Å². The molecular weight excluding hydrogens is 300 g/mol. The van der Waals surface area contributed by atoms with Crippen LogP contribution < -0.4 is 0 Å². The van der Waals surface area contributed by atoms with Crippen LogP contribution in [-0.4, -0.2) is 0 Å². The summed E-state index contributed by atoms with van der Waals surface area (Å²) < 4.78 is 0. The van der Waals surface area contributed by atoms with Crippen molar-refractivity contribution < 1.29 is 0 Å². The Morgan fingerprint density at radius 2 is 0.739 bits per heavy atom. The van der Waals surface area contributed by atoms with Crippen LogP contribution in [0.3, 0.4) is 0 Å². The van der Waals surface area contributed by atoms with E-state index in [4.69, 9.17) is 0 Å². The first kappa shape index (κ1) is 16.8. The molecule has 0 fully saturated rings. The van der Waals surface area contributed by atoms with Gasteiger partial charge in [0, 0.05) is 0 Å². The number of halogens is 1. The Labute approximate surface area is 144 Å². The summed E-state index contributed by atoms with van der Waals surface area (Å²) >= 11 is 0. The number of hydrogen-bond acceptors (Lipinski definition) is 0. The van der Waals surface area contributed by atoms with Crippen molar-refractivity contribution in [3.63, 3.8) is 0 Å². The van der Waals surface area contributed by atoms with Crippen LogP contribution in [0.2, 0.25) is 0 Å². The largest absolute Gasteiger partial charge is 0.147 e. The van der Waals surface area contributed by atoms with Gasteiger partial charge in [-0.2, -0.15) is 0 Å². The summed E-state index contributed by atoms with van der Waals surface area (Å²) in [5.41, 5.74) is 4.87. The van der Waals surface area contributed by atoms with E-state index < -0.39 is 0 Å². The van der Waals surface area contributed by atoms with E-state index in [0.717, 1.165) is 0 Å². The first-order valence-corrected chi connectivity index (χ1v) is 7.47. The molecule has 0 nitrogen and oxygen atoms in total. The van der Waals surface area contributed by atoms with Crippen LogP contribution in [0.25, 0.3) is 24.3 Å². The Bertz CT molecular complexity index is 703. The van der Waals surface area contributed by atoms with E-state index in [1.54, 1.807) is 0 Å². The van der Waals surface area contributed by atoms with Crippen molar-refractivity contribution in [2.75, 3.05) is 0 Å². The van der Waals surface area contributed by atoms with Crippen molar-refractivity contribution in [3.8, 4) is 0 Å². The summed E-state index contributed by atoms with van der Waals surface area (Å²) in [5, 5.41) is 0. The van der Waals surface area contributed by atoms with Crippen LogP contribution in [0.5, 0.6) is 0 Å². The fourth-order valence-corrected chi connectivity index (χ4v) is 2.31. The van der Waals surface area contributed by atoms with Gasteiger partial charge in [-0.05, 0) is 22.3 Å². The number of rotatable bonds is 4. The third-order valence-electron chi connectivity index (χ3n) is 3.51. The molecule has 0 radical (unpaired) electrons. The first-order valence-electron chi connectivity index (χ1n) is 7.47. The lowest BCUT2D eigenvalue weighted by Gasteiger charge is -2.01. The SMILES string of the molecule is C(=Cc1ccccc1C=Cc1ccccc1)c1ccccc1.Cl. The van der Waals surface area contributed by atoms with Crippen LogP contribution in [0, 0.1) is 0 Å². The van der Waals surface area contributed by atoms with Gasteiger partial charge in [-0.15, -0.1) is 12.4 Å². The lowest BCUT2D eigenvalue weighted by molar-refractivity contribution is 1.61. The van der Waals surface area contributed by atoms with Crippen molar-refractivity contribution in [3.05, 3.63) is 107 Å². The van der Waals surface area contributed by atoms with Gasteiger partial charge in [0.2, 0.25) is 0 Å². The van der Waals surface area contributed by atoms with Crippen molar-refractivity contribution in [1.82, 2.24) is 0 Å². The van der Waals surface area contributed by atoms with Gasteiger partial charge < -0.3 is 0 Å². The molecule has 0 spiro atoms. The standard InChI is InChI=1S/C22H18.ClH/c1-3-9-19(10-4-1)15-17-21-13-7-8-14-22(21)18-16-20-11-5-2-6-12-20;/h1-18H;1H. The van der Waals surface area contributed by atoms with Crippen LogP contribution in [-0.2, 0) is 0 Å². The predicted molar refractivity (Wildman–Crippen MR) is 104 cm³/mol. The minimum atomic E-state index is 0. The van der Waals surface area contributed by atoms with Crippen LogP contribution in [0.1, 0.15) is 22.3 Å². The second kappa shape index (κ2) is 8.77. The quantitative estimate of drug-likeness (QED) is 0.485. The van der Waals surface area contributed by atoms with Crippen molar-refractivity contribution in [2.24, 2.45) is 0 Å². The Balaban J connectivity index is 0.00000192. The average molecular weight is 319 g/mol. The molecule has 0 aliphatic carbocycles. The molecule has 0 aliphatic heterocycles. The lowest BCUT2D eigenvalue weighted by atomic mass is 10.0. The third kappa shape index (κ3) is 4.98. The highest BCUT2D eigenvalue weighted by atomic mass is 35.5. The fourth-order valence-electron chi connectivity index (χ4n) is 2.31. The van der Waals surface area contributed by atoms with Gasteiger partial charge in [0.25, 0.3) is 0 Å². The summed E-state index contributed by atoms with van der Waals surface area (Å²) in [6.45, 7) is 0. The third-order valence-corrected chi connectivity index (χ3v) is 3.51. The van der Waals surface area contributed by atoms with Gasteiger partial charge >= 0.3 is 0 Å². The molecule has 0 unspecified atom stereocenters. The normalized spacial score (nSPS) is 10.8. The van der Waals surface area contributed by atoms with E-state index >= 15 is 0 Å². The highest BCUT2D eigenvalue weighted by molar-refractivity contribution is 5.85. The summed E-state index contributed by atoms with van der Waals surface area (Å²) in [4.78, 5) is 0. The summed E-state index contributed by atoms with van der Waals surface area (Å²) in [6.07, 6.45) is 8.63. The molecule has 3 aromatic rings. The van der Waals surface area contributed by atoms with Crippen LogP contribution >= 0.6 is 12.4 Å². The second-order valence-electron chi connectivity index (χ2n) is 5.12. The maximum atomic E-state index is 2.17. The molecule has 0 saturated carbocycles. The van der Waals surface area contributed by atoms with E-state index in [1.807, 2.05) is 12.1 Å². The molecule has 3 aromatic carbocycles. The minimum absolute atomic E-state index is 0. The van der Waals surface area contributed by atoms with E-state index in [-0.39, 0.29) is 12.4 Å². The van der Waals surface area contributed by atoms with Gasteiger partial charge in [-0.3, -0.25) is 0 Å². The highest BCUT2D eigenvalue weighted by Gasteiger charge is 1.94. The molecule has 23 heavy (non-hydrogen) atoms. The fraction of sp³-hybridized carbons (Fsp3) is 0. The molecule has 3 rings (SSSR count). The summed E-state index contributed by atoms with van der Waals surface area (Å²) in [6, 6.07) is 29.2. The number of benzene rings is 3. The molecule has 0 aliphatic rings. The predicted octanol–water partition coefficient (Wildman–Crippen LogP) is 6.45. The molecule has 114 valence electrons. The van der Waals surface area contributed by atoms with Gasteiger partial charge in [0.1, 0.15) is 0 Å².